The first-order chi connectivity index (χ1) is 18.4. The zero-order valence-electron chi connectivity index (χ0n) is 24.7. The number of ether oxygens (including phenoxy) is 1. The van der Waals surface area contributed by atoms with Crippen LogP contribution in [0.4, 0.5) is 0 Å². The zero-order valence-corrected chi connectivity index (χ0v) is 25.4. The molecule has 10 atom stereocenters. The highest BCUT2D eigenvalue weighted by Crippen LogP contribution is 2.69. The number of aliphatic hydroxyl groups excluding tert-OH is 1. The predicted octanol–water partition coefficient (Wildman–Crippen LogP) is 7.47. The van der Waals surface area contributed by atoms with Crippen molar-refractivity contribution < 1.29 is 19.7 Å². The van der Waals surface area contributed by atoms with Crippen LogP contribution in [0.25, 0.3) is 0 Å². The lowest BCUT2D eigenvalue weighted by atomic mass is 9.42. The van der Waals surface area contributed by atoms with E-state index in [0.717, 1.165) is 30.6 Å². The van der Waals surface area contributed by atoms with Gasteiger partial charge in [0.2, 0.25) is 0 Å². The summed E-state index contributed by atoms with van der Waals surface area (Å²) in [6.07, 6.45) is 11.5. The summed E-state index contributed by atoms with van der Waals surface area (Å²) in [6, 6.07) is 3.18. The molecule has 4 aliphatic carbocycles. The van der Waals surface area contributed by atoms with E-state index in [2.05, 4.69) is 39.6 Å². The maximum atomic E-state index is 12.8. The molecule has 1 heterocycles. The Balaban J connectivity index is 1.29. The van der Waals surface area contributed by atoms with Crippen molar-refractivity contribution in [2.75, 3.05) is 0 Å². The van der Waals surface area contributed by atoms with Crippen LogP contribution in [0.3, 0.4) is 0 Å². The Morgan fingerprint density at radius 3 is 2.56 bits per heavy atom. The molecule has 4 aliphatic rings. The fraction of sp³-hybridized carbons (Fsp3) is 0.818. The van der Waals surface area contributed by atoms with Crippen LogP contribution >= 0.6 is 11.6 Å². The second-order valence-corrected chi connectivity index (χ2v) is 15.0. The average Bonchev–Trinajstić information content (AvgIpc) is 3.23. The highest BCUT2D eigenvalue weighted by Gasteiger charge is 2.67. The summed E-state index contributed by atoms with van der Waals surface area (Å²) in [5, 5.41) is 24.1. The summed E-state index contributed by atoms with van der Waals surface area (Å²) < 4.78 is 5.84. The number of aliphatic hydroxyl groups is 2. The Morgan fingerprint density at radius 2 is 1.87 bits per heavy atom. The number of halogens is 1. The SMILES string of the molecule is CC(C)CCC[C@@H](C)[C@H]1CC[C@H]2[C@@H]3C[C@@H](O)[C@@]4(O)C[C@@H](OC(=O)c5ccc(Cl)nc5)CC[C@]4(C)[C@H]3CC[C@]12C. The Hall–Kier alpha value is -1.17. The van der Waals surface area contributed by atoms with Crippen LogP contribution in [0, 0.1) is 46.3 Å². The Labute approximate surface area is 240 Å². The number of aromatic nitrogens is 1. The van der Waals surface area contributed by atoms with Gasteiger partial charge in [-0.25, -0.2) is 9.78 Å². The van der Waals surface area contributed by atoms with Crippen LogP contribution in [-0.4, -0.2) is 39.0 Å². The van der Waals surface area contributed by atoms with Crippen LogP contribution in [0.15, 0.2) is 18.3 Å². The molecule has 6 heteroatoms. The molecule has 0 spiro atoms. The molecule has 4 fully saturated rings. The Morgan fingerprint density at radius 1 is 1.10 bits per heavy atom. The standard InChI is InChI=1S/C33H50ClNO4/c1-20(2)7-6-8-21(3)25-10-11-26-24-17-28(36)33(38)18-23(39-30(37)22-9-12-29(34)35-19-22)13-16-32(33,5)27(24)14-15-31(25,26)4/h9,12,19-21,23-28,36,38H,6-8,10-11,13-18H2,1-5H3/t21-,23+,24+,25-,26+,27+,28-,31-,32-,33+/m1/s1. The van der Waals surface area contributed by atoms with Crippen molar-refractivity contribution in [3.8, 4) is 0 Å². The second-order valence-electron chi connectivity index (χ2n) is 14.6. The van der Waals surface area contributed by atoms with Crippen molar-refractivity contribution in [3.05, 3.63) is 29.0 Å². The van der Waals surface area contributed by atoms with E-state index in [1.807, 2.05) is 0 Å². The molecule has 0 amide bonds. The topological polar surface area (TPSA) is 79.6 Å². The summed E-state index contributed by atoms with van der Waals surface area (Å²) in [4.78, 5) is 16.8. The maximum Gasteiger partial charge on any atom is 0.339 e. The summed E-state index contributed by atoms with van der Waals surface area (Å²) in [5.74, 6) is 3.31. The highest BCUT2D eigenvalue weighted by atomic mass is 35.5. The summed E-state index contributed by atoms with van der Waals surface area (Å²) in [7, 11) is 0. The molecule has 0 saturated heterocycles. The lowest BCUT2D eigenvalue weighted by molar-refractivity contribution is -0.264. The number of hydrogen-bond donors (Lipinski definition) is 2. The molecule has 0 unspecified atom stereocenters. The summed E-state index contributed by atoms with van der Waals surface area (Å²) in [5.41, 5.74) is -0.929. The first-order valence-electron chi connectivity index (χ1n) is 15.6. The number of pyridine rings is 1. The summed E-state index contributed by atoms with van der Waals surface area (Å²) in [6.45, 7) is 11.9. The number of esters is 1. The molecule has 1 aromatic rings. The molecule has 0 bridgehead atoms. The minimum atomic E-state index is -1.24. The molecule has 0 aliphatic heterocycles. The minimum absolute atomic E-state index is 0.290. The van der Waals surface area contributed by atoms with Gasteiger partial charge in [0, 0.05) is 18.0 Å². The number of rotatable bonds is 7. The highest BCUT2D eigenvalue weighted by molar-refractivity contribution is 6.29. The van der Waals surface area contributed by atoms with Gasteiger partial charge in [-0.2, -0.15) is 0 Å². The molecule has 1 aromatic heterocycles. The van der Waals surface area contributed by atoms with Gasteiger partial charge in [-0.05, 0) is 98.0 Å². The number of hydrogen-bond acceptors (Lipinski definition) is 5. The monoisotopic (exact) mass is 559 g/mol. The number of carbonyl (C=O) groups excluding carboxylic acids is 1. The van der Waals surface area contributed by atoms with Gasteiger partial charge < -0.3 is 14.9 Å². The fourth-order valence-corrected chi connectivity index (χ4v) is 10.2. The number of fused-ring (bicyclic) bond motifs is 5. The second kappa shape index (κ2) is 10.9. The molecule has 2 N–H and O–H groups in total. The van der Waals surface area contributed by atoms with Crippen LogP contribution in [-0.2, 0) is 4.74 Å². The van der Waals surface area contributed by atoms with E-state index in [-0.39, 0.29) is 11.8 Å². The van der Waals surface area contributed by atoms with Crippen molar-refractivity contribution in [2.24, 2.45) is 46.3 Å². The number of nitrogens with zero attached hydrogens (tertiary/aromatic N) is 1. The van der Waals surface area contributed by atoms with E-state index in [0.29, 0.717) is 46.7 Å². The molecule has 5 rings (SSSR count). The average molecular weight is 560 g/mol. The lowest BCUT2D eigenvalue weighted by Gasteiger charge is -2.65. The van der Waals surface area contributed by atoms with E-state index in [1.54, 1.807) is 12.1 Å². The van der Waals surface area contributed by atoms with Crippen LogP contribution in [0.1, 0.15) is 116 Å². The Kier molecular flexibility index (Phi) is 8.20. The zero-order chi connectivity index (χ0) is 28.2. The number of carbonyl (C=O) groups is 1. The van der Waals surface area contributed by atoms with E-state index in [4.69, 9.17) is 16.3 Å². The van der Waals surface area contributed by atoms with Gasteiger partial charge in [0.1, 0.15) is 11.3 Å². The third kappa shape index (κ3) is 5.07. The molecule has 5 nitrogen and oxygen atoms in total. The lowest BCUT2D eigenvalue weighted by Crippen LogP contribution is -2.68. The van der Waals surface area contributed by atoms with Crippen molar-refractivity contribution in [3.63, 3.8) is 0 Å². The molecule has 0 radical (unpaired) electrons. The largest absolute Gasteiger partial charge is 0.459 e. The normalized spacial score (nSPS) is 42.4. The van der Waals surface area contributed by atoms with Gasteiger partial charge in [-0.15, -0.1) is 0 Å². The first kappa shape index (κ1) is 29.3. The molecular formula is C33H50ClNO4. The third-order valence-electron chi connectivity index (χ3n) is 12.3. The molecule has 0 aromatic carbocycles. The van der Waals surface area contributed by atoms with Crippen LogP contribution in [0.5, 0.6) is 0 Å². The van der Waals surface area contributed by atoms with Crippen LogP contribution in [0.2, 0.25) is 5.15 Å². The van der Waals surface area contributed by atoms with Crippen molar-refractivity contribution in [1.29, 1.82) is 0 Å². The van der Waals surface area contributed by atoms with Crippen molar-refractivity contribution in [1.82, 2.24) is 4.98 Å². The molecular weight excluding hydrogens is 510 g/mol. The minimum Gasteiger partial charge on any atom is -0.459 e. The smallest absolute Gasteiger partial charge is 0.339 e. The van der Waals surface area contributed by atoms with Gasteiger partial charge >= 0.3 is 5.97 Å². The van der Waals surface area contributed by atoms with E-state index >= 15 is 0 Å². The van der Waals surface area contributed by atoms with E-state index < -0.39 is 23.8 Å². The van der Waals surface area contributed by atoms with Gasteiger partial charge in [0.25, 0.3) is 0 Å². The van der Waals surface area contributed by atoms with Gasteiger partial charge in [0.15, 0.2) is 0 Å². The van der Waals surface area contributed by atoms with Crippen molar-refractivity contribution in [2.45, 2.75) is 123 Å². The predicted molar refractivity (Wildman–Crippen MR) is 154 cm³/mol. The third-order valence-corrected chi connectivity index (χ3v) is 12.5. The fourth-order valence-electron chi connectivity index (χ4n) is 10.1. The van der Waals surface area contributed by atoms with Gasteiger partial charge in [0.05, 0.1) is 17.3 Å². The summed E-state index contributed by atoms with van der Waals surface area (Å²) >= 11 is 5.86. The van der Waals surface area contributed by atoms with Gasteiger partial charge in [-0.3, -0.25) is 0 Å². The molecule has 39 heavy (non-hydrogen) atoms. The van der Waals surface area contributed by atoms with Crippen molar-refractivity contribution >= 4 is 17.6 Å². The van der Waals surface area contributed by atoms with Gasteiger partial charge in [-0.1, -0.05) is 65.5 Å². The first-order valence-corrected chi connectivity index (χ1v) is 16.0. The maximum absolute atomic E-state index is 12.8. The Bertz CT molecular complexity index is 1030. The van der Waals surface area contributed by atoms with E-state index in [9.17, 15) is 15.0 Å². The van der Waals surface area contributed by atoms with E-state index in [1.165, 1.54) is 44.7 Å². The van der Waals surface area contributed by atoms with Crippen LogP contribution < -0.4 is 0 Å². The molecule has 4 saturated carbocycles. The molecule has 218 valence electrons. The quantitative estimate of drug-likeness (QED) is 0.267.